The van der Waals surface area contributed by atoms with Crippen molar-refractivity contribution >= 4 is 5.91 Å². The van der Waals surface area contributed by atoms with Gasteiger partial charge in [-0.1, -0.05) is 31.0 Å². The second-order valence-corrected chi connectivity index (χ2v) is 5.95. The molecule has 0 radical (unpaired) electrons. The SMILES string of the molecule is O=C(NC1CCCC1)c1c[nH]c(=O)n(Cc2ccccc2F)c1=O. The normalized spacial score (nSPS) is 14.7. The Kier molecular flexibility index (Phi) is 4.59. The van der Waals surface area contributed by atoms with Gasteiger partial charge in [0.05, 0.1) is 6.54 Å². The molecule has 0 saturated heterocycles. The van der Waals surface area contributed by atoms with Crippen LogP contribution in [0.5, 0.6) is 0 Å². The Morgan fingerprint density at radius 1 is 1.25 bits per heavy atom. The van der Waals surface area contributed by atoms with Crippen LogP contribution in [0.1, 0.15) is 41.6 Å². The highest BCUT2D eigenvalue weighted by molar-refractivity contribution is 5.93. The molecule has 3 rings (SSSR count). The first-order valence-corrected chi connectivity index (χ1v) is 7.93. The molecule has 1 aromatic heterocycles. The van der Waals surface area contributed by atoms with E-state index in [-0.39, 0.29) is 23.7 Å². The Hall–Kier alpha value is -2.70. The molecule has 6 nitrogen and oxygen atoms in total. The third-order valence-corrected chi connectivity index (χ3v) is 4.28. The van der Waals surface area contributed by atoms with Crippen LogP contribution < -0.4 is 16.6 Å². The van der Waals surface area contributed by atoms with Gasteiger partial charge in [0.15, 0.2) is 0 Å². The third kappa shape index (κ3) is 3.29. The fraction of sp³-hybridized carbons (Fsp3) is 0.353. The number of hydrogen-bond donors (Lipinski definition) is 2. The number of nitrogens with one attached hydrogen (secondary N) is 2. The van der Waals surface area contributed by atoms with Crippen molar-refractivity contribution in [3.8, 4) is 0 Å². The molecular weight excluding hydrogens is 313 g/mol. The molecule has 24 heavy (non-hydrogen) atoms. The fourth-order valence-corrected chi connectivity index (χ4v) is 2.95. The maximum Gasteiger partial charge on any atom is 0.328 e. The van der Waals surface area contributed by atoms with E-state index in [4.69, 9.17) is 0 Å². The number of benzene rings is 1. The highest BCUT2D eigenvalue weighted by atomic mass is 19.1. The second-order valence-electron chi connectivity index (χ2n) is 5.95. The van der Waals surface area contributed by atoms with Crippen LogP contribution in [0, 0.1) is 5.82 Å². The van der Waals surface area contributed by atoms with Crippen LogP contribution in [-0.4, -0.2) is 21.5 Å². The molecule has 1 heterocycles. The summed E-state index contributed by atoms with van der Waals surface area (Å²) in [4.78, 5) is 39.1. The van der Waals surface area contributed by atoms with Gasteiger partial charge in [-0.2, -0.15) is 0 Å². The summed E-state index contributed by atoms with van der Waals surface area (Å²) in [6.07, 6.45) is 4.99. The summed E-state index contributed by atoms with van der Waals surface area (Å²) in [6, 6.07) is 5.95. The fourth-order valence-electron chi connectivity index (χ4n) is 2.95. The largest absolute Gasteiger partial charge is 0.349 e. The molecule has 1 aliphatic rings. The Bertz CT molecular complexity index is 866. The molecule has 0 spiro atoms. The molecule has 7 heteroatoms. The maximum atomic E-state index is 13.8. The molecule has 0 atom stereocenters. The van der Waals surface area contributed by atoms with E-state index in [2.05, 4.69) is 10.3 Å². The number of H-pyrrole nitrogens is 1. The van der Waals surface area contributed by atoms with E-state index in [1.807, 2.05) is 0 Å². The van der Waals surface area contributed by atoms with E-state index in [0.29, 0.717) is 0 Å². The first-order valence-electron chi connectivity index (χ1n) is 7.93. The van der Waals surface area contributed by atoms with E-state index < -0.39 is 23.0 Å². The van der Waals surface area contributed by atoms with Crippen LogP contribution in [0.3, 0.4) is 0 Å². The zero-order valence-electron chi connectivity index (χ0n) is 13.0. The zero-order chi connectivity index (χ0) is 17.1. The summed E-state index contributed by atoms with van der Waals surface area (Å²) in [5.41, 5.74) is -1.34. The van der Waals surface area contributed by atoms with Crippen LogP contribution >= 0.6 is 0 Å². The van der Waals surface area contributed by atoms with Crippen molar-refractivity contribution in [3.05, 3.63) is 68.2 Å². The number of hydrogen-bond acceptors (Lipinski definition) is 3. The summed E-state index contributed by atoms with van der Waals surface area (Å²) >= 11 is 0. The van der Waals surface area contributed by atoms with E-state index in [9.17, 15) is 18.8 Å². The smallest absolute Gasteiger partial charge is 0.328 e. The minimum Gasteiger partial charge on any atom is -0.349 e. The van der Waals surface area contributed by atoms with Gasteiger partial charge in [0.2, 0.25) is 0 Å². The van der Waals surface area contributed by atoms with Gasteiger partial charge in [-0.15, -0.1) is 0 Å². The van der Waals surface area contributed by atoms with Crippen LogP contribution in [0.2, 0.25) is 0 Å². The van der Waals surface area contributed by atoms with E-state index in [1.54, 1.807) is 6.07 Å². The van der Waals surface area contributed by atoms with Gasteiger partial charge in [-0.3, -0.25) is 14.2 Å². The standard InChI is InChI=1S/C17H18FN3O3/c18-14-8-4-1-5-11(14)10-21-16(23)13(9-19-17(21)24)15(22)20-12-6-2-3-7-12/h1,4-5,8-9,12H,2-3,6-7,10H2,(H,19,24)(H,20,22). The predicted octanol–water partition coefficient (Wildman–Crippen LogP) is 1.40. The number of rotatable bonds is 4. The van der Waals surface area contributed by atoms with Crippen molar-refractivity contribution in [3.63, 3.8) is 0 Å². The zero-order valence-corrected chi connectivity index (χ0v) is 13.0. The molecule has 0 bridgehead atoms. The van der Waals surface area contributed by atoms with Crippen molar-refractivity contribution in [2.45, 2.75) is 38.3 Å². The maximum absolute atomic E-state index is 13.8. The van der Waals surface area contributed by atoms with Gasteiger partial charge >= 0.3 is 5.69 Å². The molecule has 1 amide bonds. The number of aromatic amines is 1. The number of aromatic nitrogens is 2. The molecule has 1 aromatic carbocycles. The highest BCUT2D eigenvalue weighted by Gasteiger charge is 2.21. The topological polar surface area (TPSA) is 84.0 Å². The number of halogens is 1. The van der Waals surface area contributed by atoms with Gasteiger partial charge < -0.3 is 10.3 Å². The summed E-state index contributed by atoms with van der Waals surface area (Å²) < 4.78 is 14.6. The second kappa shape index (κ2) is 6.82. The molecule has 0 aliphatic heterocycles. The summed E-state index contributed by atoms with van der Waals surface area (Å²) in [5, 5.41) is 2.81. The van der Waals surface area contributed by atoms with Gasteiger partial charge in [-0.25, -0.2) is 9.18 Å². The number of amides is 1. The highest BCUT2D eigenvalue weighted by Crippen LogP contribution is 2.17. The minimum atomic E-state index is -0.725. The molecule has 126 valence electrons. The molecule has 2 N–H and O–H groups in total. The monoisotopic (exact) mass is 331 g/mol. The Labute approximate surface area is 137 Å². The molecule has 2 aromatic rings. The van der Waals surface area contributed by atoms with Gasteiger partial charge in [0.1, 0.15) is 11.4 Å². The van der Waals surface area contributed by atoms with Crippen LogP contribution in [0.4, 0.5) is 4.39 Å². The third-order valence-electron chi connectivity index (χ3n) is 4.28. The molecule has 1 fully saturated rings. The van der Waals surface area contributed by atoms with Crippen LogP contribution in [-0.2, 0) is 6.54 Å². The van der Waals surface area contributed by atoms with Gasteiger partial charge in [0, 0.05) is 17.8 Å². The van der Waals surface area contributed by atoms with Crippen molar-refractivity contribution < 1.29 is 9.18 Å². The summed E-state index contributed by atoms with van der Waals surface area (Å²) in [6.45, 7) is -0.231. The van der Waals surface area contributed by atoms with Crippen molar-refractivity contribution in [2.24, 2.45) is 0 Å². The summed E-state index contributed by atoms with van der Waals surface area (Å²) in [7, 11) is 0. The van der Waals surface area contributed by atoms with E-state index in [1.165, 1.54) is 18.2 Å². The predicted molar refractivity (Wildman–Crippen MR) is 86.5 cm³/mol. The van der Waals surface area contributed by atoms with E-state index >= 15 is 0 Å². The number of carbonyl (C=O) groups is 1. The van der Waals surface area contributed by atoms with Crippen molar-refractivity contribution in [2.75, 3.05) is 0 Å². The number of carbonyl (C=O) groups excluding carboxylic acids is 1. The molecular formula is C17H18FN3O3. The lowest BCUT2D eigenvalue weighted by Gasteiger charge is -2.12. The van der Waals surface area contributed by atoms with Crippen molar-refractivity contribution in [1.82, 2.24) is 14.9 Å². The van der Waals surface area contributed by atoms with Crippen LogP contribution in [0.25, 0.3) is 0 Å². The Morgan fingerprint density at radius 2 is 1.96 bits per heavy atom. The van der Waals surface area contributed by atoms with Gasteiger partial charge in [0.25, 0.3) is 11.5 Å². The average Bonchev–Trinajstić information content (AvgIpc) is 3.06. The average molecular weight is 331 g/mol. The Balaban J connectivity index is 1.90. The van der Waals surface area contributed by atoms with E-state index in [0.717, 1.165) is 36.4 Å². The van der Waals surface area contributed by atoms with Crippen molar-refractivity contribution in [1.29, 1.82) is 0 Å². The molecule has 1 saturated carbocycles. The molecule has 1 aliphatic carbocycles. The minimum absolute atomic E-state index is 0.0591. The lowest BCUT2D eigenvalue weighted by molar-refractivity contribution is 0.0935. The molecule has 0 unspecified atom stereocenters. The first kappa shape index (κ1) is 16.2. The van der Waals surface area contributed by atoms with Gasteiger partial charge in [-0.05, 0) is 18.9 Å². The Morgan fingerprint density at radius 3 is 2.67 bits per heavy atom. The lowest BCUT2D eigenvalue weighted by atomic mass is 10.2. The number of nitrogens with zero attached hydrogens (tertiary/aromatic N) is 1. The van der Waals surface area contributed by atoms with Crippen LogP contribution in [0.15, 0.2) is 40.1 Å². The lowest BCUT2D eigenvalue weighted by Crippen LogP contribution is -2.42. The summed E-state index contributed by atoms with van der Waals surface area (Å²) in [5.74, 6) is -1.02. The first-order chi connectivity index (χ1) is 11.6. The quantitative estimate of drug-likeness (QED) is 0.888.